The van der Waals surface area contributed by atoms with Gasteiger partial charge in [-0.15, -0.1) is 0 Å². The smallest absolute Gasteiger partial charge is 0.318 e. The summed E-state index contributed by atoms with van der Waals surface area (Å²) in [6.07, 6.45) is 0.661. The van der Waals surface area contributed by atoms with Crippen LogP contribution in [0.3, 0.4) is 0 Å². The van der Waals surface area contributed by atoms with Crippen molar-refractivity contribution in [3.8, 4) is 11.5 Å². The van der Waals surface area contributed by atoms with E-state index in [9.17, 15) is 14.0 Å². The second kappa shape index (κ2) is 9.34. The molecular formula is C21H23BrFN3O4. The molecule has 3 amide bonds. The van der Waals surface area contributed by atoms with Crippen LogP contribution in [0.15, 0.2) is 34.8 Å². The van der Waals surface area contributed by atoms with E-state index < -0.39 is 17.8 Å². The third kappa shape index (κ3) is 4.84. The molecule has 30 heavy (non-hydrogen) atoms. The monoisotopic (exact) mass is 479 g/mol. The van der Waals surface area contributed by atoms with Gasteiger partial charge < -0.3 is 25.0 Å². The predicted molar refractivity (Wildman–Crippen MR) is 114 cm³/mol. The molecule has 0 bridgehead atoms. The lowest BCUT2D eigenvalue weighted by Crippen LogP contribution is -2.49. The van der Waals surface area contributed by atoms with Gasteiger partial charge in [-0.05, 0) is 54.8 Å². The van der Waals surface area contributed by atoms with Gasteiger partial charge in [0.25, 0.3) is 0 Å². The zero-order chi connectivity index (χ0) is 21.8. The summed E-state index contributed by atoms with van der Waals surface area (Å²) in [4.78, 5) is 26.7. The van der Waals surface area contributed by atoms with E-state index in [-0.39, 0.29) is 11.7 Å². The maximum Gasteiger partial charge on any atom is 0.318 e. The zero-order valence-electron chi connectivity index (χ0n) is 16.9. The first kappa shape index (κ1) is 21.9. The average Bonchev–Trinajstić information content (AvgIpc) is 2.73. The lowest BCUT2D eigenvalue weighted by molar-refractivity contribution is -0.117. The molecule has 3 rings (SSSR count). The van der Waals surface area contributed by atoms with Crippen LogP contribution >= 0.6 is 15.9 Å². The molecule has 9 heteroatoms. The fourth-order valence-corrected chi connectivity index (χ4v) is 3.56. The lowest BCUT2D eigenvalue weighted by Gasteiger charge is -2.30. The molecule has 1 aliphatic heterocycles. The molecule has 1 heterocycles. The molecular weight excluding hydrogens is 457 g/mol. The first-order chi connectivity index (χ1) is 14.3. The van der Waals surface area contributed by atoms with E-state index in [1.54, 1.807) is 32.1 Å². The molecule has 0 saturated carbocycles. The number of ether oxygens (including phenoxy) is 2. The van der Waals surface area contributed by atoms with Gasteiger partial charge in [0.1, 0.15) is 11.9 Å². The summed E-state index contributed by atoms with van der Waals surface area (Å²) >= 11 is 3.17. The Morgan fingerprint density at radius 1 is 1.13 bits per heavy atom. The van der Waals surface area contributed by atoms with Crippen LogP contribution in [0.25, 0.3) is 0 Å². The highest BCUT2D eigenvalue weighted by atomic mass is 79.9. The van der Waals surface area contributed by atoms with Crippen LogP contribution in [0.2, 0.25) is 0 Å². The molecule has 0 unspecified atom stereocenters. The molecule has 0 aromatic heterocycles. The number of methoxy groups -OCH3 is 2. The van der Waals surface area contributed by atoms with Gasteiger partial charge in [-0.25, -0.2) is 9.18 Å². The van der Waals surface area contributed by atoms with Crippen molar-refractivity contribution in [3.63, 3.8) is 0 Å². The number of urea groups is 1. The number of nitrogens with zero attached hydrogens (tertiary/aromatic N) is 1. The van der Waals surface area contributed by atoms with Crippen LogP contribution in [0.4, 0.5) is 14.9 Å². The molecule has 2 aromatic rings. The van der Waals surface area contributed by atoms with Crippen molar-refractivity contribution in [3.05, 3.63) is 51.7 Å². The van der Waals surface area contributed by atoms with Crippen LogP contribution in [0, 0.1) is 5.82 Å². The standard InChI is InChI=1S/C21H23BrFN3O4/c1-12(20(27)25-17-5-4-15(22)10-16(17)23)24-21(28)26-7-6-13-8-18(29-2)19(30-3)9-14(13)11-26/h4-5,8-10,12H,6-7,11H2,1-3H3,(H,24,28)(H,25,27)/t12-/m0/s1. The molecule has 0 radical (unpaired) electrons. The number of halogens is 2. The minimum absolute atomic E-state index is 0.0530. The number of rotatable bonds is 5. The van der Waals surface area contributed by atoms with Crippen molar-refractivity contribution in [1.29, 1.82) is 0 Å². The highest BCUT2D eigenvalue weighted by molar-refractivity contribution is 9.10. The van der Waals surface area contributed by atoms with Crippen LogP contribution in [0.1, 0.15) is 18.1 Å². The van der Waals surface area contributed by atoms with Crippen molar-refractivity contribution in [2.45, 2.75) is 25.9 Å². The molecule has 0 fully saturated rings. The summed E-state index contributed by atoms with van der Waals surface area (Å²) in [5, 5.41) is 5.16. The first-order valence-corrected chi connectivity index (χ1v) is 10.2. The minimum Gasteiger partial charge on any atom is -0.493 e. The van der Waals surface area contributed by atoms with E-state index in [2.05, 4.69) is 26.6 Å². The zero-order valence-corrected chi connectivity index (χ0v) is 18.5. The van der Waals surface area contributed by atoms with Gasteiger partial charge in [-0.3, -0.25) is 4.79 Å². The molecule has 0 saturated heterocycles. The van der Waals surface area contributed by atoms with Crippen molar-refractivity contribution >= 4 is 33.6 Å². The number of carbonyl (C=O) groups excluding carboxylic acids is 2. The Morgan fingerprint density at radius 3 is 2.43 bits per heavy atom. The van der Waals surface area contributed by atoms with Crippen LogP contribution in [-0.4, -0.2) is 43.6 Å². The fraction of sp³-hybridized carbons (Fsp3) is 0.333. The van der Waals surface area contributed by atoms with Gasteiger partial charge in [0, 0.05) is 17.6 Å². The van der Waals surface area contributed by atoms with Gasteiger partial charge in [0.2, 0.25) is 5.91 Å². The summed E-state index contributed by atoms with van der Waals surface area (Å²) in [5.74, 6) is 0.184. The van der Waals surface area contributed by atoms with E-state index in [1.807, 2.05) is 12.1 Å². The normalized spacial score (nSPS) is 13.8. The highest BCUT2D eigenvalue weighted by Crippen LogP contribution is 2.33. The number of hydrogen-bond donors (Lipinski definition) is 2. The van der Waals surface area contributed by atoms with Gasteiger partial charge in [-0.2, -0.15) is 0 Å². The number of nitrogens with one attached hydrogen (secondary N) is 2. The molecule has 7 nitrogen and oxygen atoms in total. The number of hydrogen-bond acceptors (Lipinski definition) is 4. The van der Waals surface area contributed by atoms with E-state index >= 15 is 0 Å². The summed E-state index contributed by atoms with van der Waals surface area (Å²) in [7, 11) is 3.14. The van der Waals surface area contributed by atoms with Gasteiger partial charge in [0.15, 0.2) is 11.5 Å². The number of anilines is 1. The van der Waals surface area contributed by atoms with Crippen molar-refractivity contribution in [1.82, 2.24) is 10.2 Å². The molecule has 2 N–H and O–H groups in total. The topological polar surface area (TPSA) is 79.9 Å². The van der Waals surface area contributed by atoms with Crippen LogP contribution in [-0.2, 0) is 17.8 Å². The number of benzene rings is 2. The third-order valence-corrected chi connectivity index (χ3v) is 5.42. The molecule has 1 aliphatic rings. The van der Waals surface area contributed by atoms with E-state index in [0.717, 1.165) is 11.1 Å². The Labute approximate surface area is 182 Å². The number of amides is 3. The van der Waals surface area contributed by atoms with Crippen molar-refractivity contribution in [2.75, 3.05) is 26.1 Å². The van der Waals surface area contributed by atoms with E-state index in [0.29, 0.717) is 35.5 Å². The Balaban J connectivity index is 1.62. The number of carbonyl (C=O) groups is 2. The van der Waals surface area contributed by atoms with Gasteiger partial charge in [-0.1, -0.05) is 15.9 Å². The van der Waals surface area contributed by atoms with E-state index in [4.69, 9.17) is 9.47 Å². The maximum absolute atomic E-state index is 13.9. The number of fused-ring (bicyclic) bond motifs is 1. The molecule has 1 atom stereocenters. The Morgan fingerprint density at radius 2 is 1.80 bits per heavy atom. The molecule has 2 aromatic carbocycles. The summed E-state index contributed by atoms with van der Waals surface area (Å²) < 4.78 is 25.2. The van der Waals surface area contributed by atoms with Gasteiger partial charge in [0.05, 0.1) is 19.9 Å². The second-order valence-corrected chi connectivity index (χ2v) is 7.85. The molecule has 0 spiro atoms. The third-order valence-electron chi connectivity index (χ3n) is 4.93. The Kier molecular flexibility index (Phi) is 6.81. The van der Waals surface area contributed by atoms with Crippen molar-refractivity contribution < 1.29 is 23.5 Å². The second-order valence-electron chi connectivity index (χ2n) is 6.93. The Bertz CT molecular complexity index is 970. The average molecular weight is 480 g/mol. The highest BCUT2D eigenvalue weighted by Gasteiger charge is 2.25. The predicted octanol–water partition coefficient (Wildman–Crippen LogP) is 3.70. The summed E-state index contributed by atoms with van der Waals surface area (Å²) in [6, 6.07) is 6.91. The summed E-state index contributed by atoms with van der Waals surface area (Å²) in [6.45, 7) is 2.44. The molecule has 0 aliphatic carbocycles. The largest absolute Gasteiger partial charge is 0.493 e. The van der Waals surface area contributed by atoms with E-state index in [1.165, 1.54) is 12.1 Å². The summed E-state index contributed by atoms with van der Waals surface area (Å²) in [5.41, 5.74) is 2.11. The molecule has 160 valence electrons. The fourth-order valence-electron chi connectivity index (χ4n) is 3.23. The van der Waals surface area contributed by atoms with Crippen molar-refractivity contribution in [2.24, 2.45) is 0 Å². The van der Waals surface area contributed by atoms with Gasteiger partial charge >= 0.3 is 6.03 Å². The minimum atomic E-state index is -0.840. The Hall–Kier alpha value is -2.81. The lowest BCUT2D eigenvalue weighted by atomic mass is 9.99. The van der Waals surface area contributed by atoms with Crippen LogP contribution in [0.5, 0.6) is 11.5 Å². The first-order valence-electron chi connectivity index (χ1n) is 9.37. The SMILES string of the molecule is COc1cc2c(cc1OC)CN(C(=O)N[C@@H](C)C(=O)Nc1ccc(Br)cc1F)CC2. The quantitative estimate of drug-likeness (QED) is 0.684. The maximum atomic E-state index is 13.9. The van der Waals surface area contributed by atoms with Crippen LogP contribution < -0.4 is 20.1 Å².